The van der Waals surface area contributed by atoms with E-state index in [9.17, 15) is 4.79 Å². The summed E-state index contributed by atoms with van der Waals surface area (Å²) in [6.45, 7) is 4.02. The maximum absolute atomic E-state index is 12.0. The molecule has 1 N–H and O–H groups in total. The van der Waals surface area contributed by atoms with Gasteiger partial charge in [0.25, 0.3) is 0 Å². The zero-order valence-corrected chi connectivity index (χ0v) is 20.4. The minimum atomic E-state index is 0. The number of fused-ring (bicyclic) bond motifs is 4. The molecule has 5 heteroatoms. The van der Waals surface area contributed by atoms with Crippen LogP contribution in [0.2, 0.25) is 0 Å². The molecule has 5 aliphatic carbocycles. The highest BCUT2D eigenvalue weighted by molar-refractivity contribution is 5.74. The fourth-order valence-corrected chi connectivity index (χ4v) is 10.1. The molecule has 1 amide bonds. The molecule has 180 valence electrons. The lowest BCUT2D eigenvalue weighted by molar-refractivity contribution is -0.119. The van der Waals surface area contributed by atoms with Gasteiger partial charge in [-0.15, -0.1) is 0 Å². The maximum Gasteiger partial charge on any atom is 0.217 e. The highest BCUT2D eigenvalue weighted by Crippen LogP contribution is 2.76. The van der Waals surface area contributed by atoms with Crippen LogP contribution in [0.3, 0.4) is 0 Å². The molecule has 5 nitrogen and oxygen atoms in total. The normalized spacial score (nSPS) is 41.5. The summed E-state index contributed by atoms with van der Waals surface area (Å²) in [5.41, 5.74) is 3.54. The first-order valence-corrected chi connectivity index (χ1v) is 13.2. The lowest BCUT2D eigenvalue weighted by atomic mass is 9.56. The summed E-state index contributed by atoms with van der Waals surface area (Å²) in [6.07, 6.45) is 11.0. The zero-order chi connectivity index (χ0) is 22.5. The number of benzene rings is 1. The third-order valence-corrected chi connectivity index (χ3v) is 11.3. The lowest BCUT2D eigenvalue weighted by Gasteiger charge is -2.50. The SMILES string of the molecule is COc1cc2c(cc1OC)C1(CCN(C3C4CC5CC6CC3CC56C4)CC1)C[C@@H]2NC(C)=O.[HH]. The van der Waals surface area contributed by atoms with E-state index in [-0.39, 0.29) is 18.8 Å². The van der Waals surface area contributed by atoms with Gasteiger partial charge in [-0.2, -0.15) is 0 Å². The molecule has 3 bridgehead atoms. The van der Waals surface area contributed by atoms with Crippen LogP contribution in [0.15, 0.2) is 12.1 Å². The Morgan fingerprint density at radius 3 is 2.24 bits per heavy atom. The molecule has 33 heavy (non-hydrogen) atoms. The van der Waals surface area contributed by atoms with Gasteiger partial charge in [0.15, 0.2) is 11.5 Å². The molecule has 0 aromatic heterocycles. The Labute approximate surface area is 199 Å². The van der Waals surface area contributed by atoms with E-state index in [4.69, 9.17) is 9.47 Å². The highest BCUT2D eigenvalue weighted by atomic mass is 16.5. The first-order valence-electron chi connectivity index (χ1n) is 13.2. The number of nitrogens with zero attached hydrogens (tertiary/aromatic N) is 1. The van der Waals surface area contributed by atoms with Crippen LogP contribution in [0.25, 0.3) is 0 Å². The van der Waals surface area contributed by atoms with Crippen LogP contribution in [-0.2, 0) is 10.2 Å². The lowest BCUT2D eigenvalue weighted by Crippen LogP contribution is -2.52. The van der Waals surface area contributed by atoms with Gasteiger partial charge < -0.3 is 14.8 Å². The summed E-state index contributed by atoms with van der Waals surface area (Å²) in [5, 5.41) is 3.24. The number of hydrogen-bond acceptors (Lipinski definition) is 4. The Hall–Kier alpha value is -1.75. The van der Waals surface area contributed by atoms with E-state index in [1.165, 1.54) is 62.7 Å². The number of carbonyl (C=O) groups is 1. The van der Waals surface area contributed by atoms with Gasteiger partial charge in [-0.25, -0.2) is 0 Å². The minimum absolute atomic E-state index is 0. The average Bonchev–Trinajstić information content (AvgIpc) is 3.30. The van der Waals surface area contributed by atoms with E-state index >= 15 is 0 Å². The minimum Gasteiger partial charge on any atom is -0.493 e. The first-order chi connectivity index (χ1) is 16.0. The largest absolute Gasteiger partial charge is 0.493 e. The van der Waals surface area contributed by atoms with E-state index in [0.717, 1.165) is 53.0 Å². The Morgan fingerprint density at radius 2 is 1.64 bits per heavy atom. The van der Waals surface area contributed by atoms with Crippen molar-refractivity contribution in [3.63, 3.8) is 0 Å². The number of nitrogens with one attached hydrogen (secondary N) is 1. The van der Waals surface area contributed by atoms with Gasteiger partial charge in [0.2, 0.25) is 5.91 Å². The summed E-state index contributed by atoms with van der Waals surface area (Å²) in [6, 6.07) is 5.22. The van der Waals surface area contributed by atoms with Crippen LogP contribution in [0.4, 0.5) is 0 Å². The van der Waals surface area contributed by atoms with Crippen molar-refractivity contribution in [1.82, 2.24) is 10.2 Å². The number of methoxy groups -OCH3 is 2. The second kappa shape index (κ2) is 6.90. The molecule has 0 radical (unpaired) electrons. The van der Waals surface area contributed by atoms with Crippen LogP contribution in [0.5, 0.6) is 11.5 Å². The van der Waals surface area contributed by atoms with E-state index in [1.807, 2.05) is 0 Å². The molecule has 6 aliphatic rings. The number of likely N-dealkylation sites (tertiary alicyclic amines) is 1. The molecule has 4 unspecified atom stereocenters. The van der Waals surface area contributed by atoms with Crippen molar-refractivity contribution in [3.8, 4) is 11.5 Å². The van der Waals surface area contributed by atoms with Gasteiger partial charge in [-0.05, 0) is 117 Å². The Kier molecular flexibility index (Phi) is 4.31. The van der Waals surface area contributed by atoms with Gasteiger partial charge in [0, 0.05) is 19.8 Å². The summed E-state index contributed by atoms with van der Waals surface area (Å²) < 4.78 is 11.3. The van der Waals surface area contributed by atoms with Crippen molar-refractivity contribution in [3.05, 3.63) is 23.3 Å². The molecule has 1 aliphatic heterocycles. The first kappa shape index (κ1) is 20.6. The van der Waals surface area contributed by atoms with E-state index < -0.39 is 0 Å². The molecule has 7 rings (SSSR count). The van der Waals surface area contributed by atoms with Crippen molar-refractivity contribution >= 4 is 5.91 Å². The fourth-order valence-electron chi connectivity index (χ4n) is 10.1. The summed E-state index contributed by atoms with van der Waals surface area (Å²) in [4.78, 5) is 14.9. The highest BCUT2D eigenvalue weighted by Gasteiger charge is 2.69. The zero-order valence-electron chi connectivity index (χ0n) is 20.4. The number of ether oxygens (including phenoxy) is 2. The second-order valence-corrected chi connectivity index (χ2v) is 12.3. The summed E-state index contributed by atoms with van der Waals surface area (Å²) >= 11 is 0. The van der Waals surface area contributed by atoms with Crippen molar-refractivity contribution in [2.24, 2.45) is 29.1 Å². The Balaban J connectivity index is 0.00000217. The summed E-state index contributed by atoms with van der Waals surface area (Å²) in [7, 11) is 3.41. The quantitative estimate of drug-likeness (QED) is 0.720. The topological polar surface area (TPSA) is 50.8 Å². The standard InChI is InChI=1S/C28H38N2O3.H2/c1-16(31)29-23-15-27(22-12-25(33-3)24(32-2)11-21(22)23)4-6-30(7-5-27)26-17-8-19-10-20-9-18(26)14-28(19,20)13-17;/h11-12,17-20,23,26H,4-10,13-15H2,1-3H3,(H,29,31);1H/t17?,18?,19?,20?,23-,26?,28?;/m0./s1. The molecule has 1 saturated heterocycles. The van der Waals surface area contributed by atoms with E-state index in [0.29, 0.717) is 0 Å². The number of amides is 1. The third-order valence-electron chi connectivity index (χ3n) is 11.3. The van der Waals surface area contributed by atoms with Crippen molar-refractivity contribution in [2.75, 3.05) is 27.3 Å². The Morgan fingerprint density at radius 1 is 1.00 bits per heavy atom. The third kappa shape index (κ3) is 2.66. The van der Waals surface area contributed by atoms with Gasteiger partial charge in [0.05, 0.1) is 20.3 Å². The van der Waals surface area contributed by atoms with Crippen LogP contribution >= 0.6 is 0 Å². The molecule has 5 atom stereocenters. The number of piperidine rings is 1. The van der Waals surface area contributed by atoms with Crippen molar-refractivity contribution in [2.45, 2.75) is 75.8 Å². The Bertz CT molecular complexity index is 980. The maximum atomic E-state index is 12.0. The summed E-state index contributed by atoms with van der Waals surface area (Å²) in [5.74, 6) is 5.67. The number of hydrogen-bond donors (Lipinski definition) is 1. The number of carbonyl (C=O) groups excluding carboxylic acids is 1. The molecular weight excluding hydrogens is 412 g/mol. The molecule has 1 aromatic rings. The van der Waals surface area contributed by atoms with E-state index in [2.05, 4.69) is 22.3 Å². The number of rotatable bonds is 4. The fraction of sp³-hybridized carbons (Fsp3) is 0.750. The molecule has 1 heterocycles. The van der Waals surface area contributed by atoms with Gasteiger partial charge in [0.1, 0.15) is 0 Å². The predicted octanol–water partition coefficient (Wildman–Crippen LogP) is 4.69. The molecule has 4 saturated carbocycles. The predicted molar refractivity (Wildman–Crippen MR) is 129 cm³/mol. The van der Waals surface area contributed by atoms with Crippen molar-refractivity contribution < 1.29 is 15.7 Å². The van der Waals surface area contributed by atoms with E-state index in [1.54, 1.807) is 27.6 Å². The second-order valence-electron chi connectivity index (χ2n) is 12.3. The molecule has 5 fully saturated rings. The molecule has 1 aromatic carbocycles. The van der Waals surface area contributed by atoms with Crippen LogP contribution in [0.1, 0.15) is 76.9 Å². The molecule has 2 spiro atoms. The van der Waals surface area contributed by atoms with Crippen LogP contribution in [-0.4, -0.2) is 44.2 Å². The molecular formula is C28H40N2O3. The van der Waals surface area contributed by atoms with Crippen LogP contribution in [0, 0.1) is 29.1 Å². The smallest absolute Gasteiger partial charge is 0.217 e. The van der Waals surface area contributed by atoms with Crippen molar-refractivity contribution in [1.29, 1.82) is 0 Å². The van der Waals surface area contributed by atoms with Gasteiger partial charge >= 0.3 is 0 Å². The van der Waals surface area contributed by atoms with Gasteiger partial charge in [-0.3, -0.25) is 9.69 Å². The monoisotopic (exact) mass is 452 g/mol. The van der Waals surface area contributed by atoms with Crippen LogP contribution < -0.4 is 14.8 Å². The average molecular weight is 453 g/mol. The van der Waals surface area contributed by atoms with Gasteiger partial charge in [-0.1, -0.05) is 0 Å².